The molecule has 3 aromatic rings. The molecule has 2 aliphatic rings. The number of carboxylic acid groups (broad SMARTS) is 2. The number of aliphatic carboxylic acids is 2. The van der Waals surface area contributed by atoms with Gasteiger partial charge in [0.2, 0.25) is 0 Å². The van der Waals surface area contributed by atoms with Crippen molar-refractivity contribution in [2.75, 3.05) is 0 Å². The van der Waals surface area contributed by atoms with Crippen LogP contribution in [-0.2, 0) is 22.1 Å². The van der Waals surface area contributed by atoms with Gasteiger partial charge < -0.3 is 24.9 Å². The first-order valence-corrected chi connectivity index (χ1v) is 20.3. The fourth-order valence-electron chi connectivity index (χ4n) is 7.04. The minimum absolute atomic E-state index is 0.222. The molecule has 0 aliphatic carbocycles. The zero-order chi connectivity index (χ0) is 40.8. The van der Waals surface area contributed by atoms with Crippen molar-refractivity contribution in [1.29, 1.82) is 0 Å². The number of H-pyrrole nitrogens is 1. The Morgan fingerprint density at radius 3 is 1.65 bits per heavy atom. The van der Waals surface area contributed by atoms with Crippen LogP contribution in [0.3, 0.4) is 0 Å². The first-order chi connectivity index (χ1) is 26.1. The van der Waals surface area contributed by atoms with Crippen LogP contribution in [0.1, 0.15) is 164 Å². The number of nitrogens with one attached hydrogen (secondary N) is 1. The van der Waals surface area contributed by atoms with Crippen LogP contribution in [0, 0.1) is 13.8 Å². The minimum Gasteiger partial charge on any atom is -0.481 e. The lowest BCUT2D eigenvalue weighted by atomic mass is 9.68. The summed E-state index contributed by atoms with van der Waals surface area (Å²) in [5.41, 5.74) is 9.97. The van der Waals surface area contributed by atoms with E-state index in [2.05, 4.69) is 106 Å². The lowest BCUT2D eigenvalue weighted by Gasteiger charge is -2.41. The third-order valence-corrected chi connectivity index (χ3v) is 11.1. The Labute approximate surface area is 328 Å². The summed E-state index contributed by atoms with van der Waals surface area (Å²) in [4.78, 5) is 32.3. The average Bonchev–Trinajstić information content (AvgIpc) is 3.94. The van der Waals surface area contributed by atoms with Gasteiger partial charge in [-0.3, -0.25) is 9.59 Å². The van der Waals surface area contributed by atoms with Crippen molar-refractivity contribution in [1.82, 2.24) is 19.5 Å². The van der Waals surface area contributed by atoms with Crippen LogP contribution in [0.2, 0.25) is 0 Å². The molecule has 9 heteroatoms. The van der Waals surface area contributed by atoms with Crippen molar-refractivity contribution in [3.63, 3.8) is 0 Å². The Hall–Kier alpha value is -4.50. The maximum Gasteiger partial charge on any atom is 0.303 e. The third kappa shape index (κ3) is 12.5. The Morgan fingerprint density at radius 2 is 1.15 bits per heavy atom. The number of hydrogen-bond acceptors (Lipinski definition) is 5. The fraction of sp³-hybridized carbons (Fsp3) is 0.522. The molecule has 4 N–H and O–H groups in total. The van der Waals surface area contributed by atoms with Crippen LogP contribution < -0.4 is 0 Å². The van der Waals surface area contributed by atoms with Gasteiger partial charge in [-0.25, -0.2) is 9.97 Å². The second-order valence-electron chi connectivity index (χ2n) is 15.6. The van der Waals surface area contributed by atoms with E-state index in [1.54, 1.807) is 13.8 Å². The van der Waals surface area contributed by atoms with E-state index in [0.717, 1.165) is 69.7 Å². The molecule has 0 saturated carbocycles. The molecule has 9 nitrogen and oxygen atoms in total. The van der Waals surface area contributed by atoms with Gasteiger partial charge in [-0.2, -0.15) is 0 Å². The second kappa shape index (κ2) is 21.0. The number of aryl methyl sites for hydroxylation is 3. The Kier molecular flexibility index (Phi) is 17.1. The van der Waals surface area contributed by atoms with Gasteiger partial charge in [0.1, 0.15) is 0 Å². The van der Waals surface area contributed by atoms with E-state index in [9.17, 15) is 14.7 Å². The molecule has 3 aromatic heterocycles. The molecule has 300 valence electrons. The van der Waals surface area contributed by atoms with Gasteiger partial charge in [-0.05, 0) is 93.0 Å². The predicted octanol–water partition coefficient (Wildman–Crippen LogP) is 11.6. The van der Waals surface area contributed by atoms with E-state index < -0.39 is 23.0 Å². The number of nitrogens with zero attached hydrogens (tertiary/aromatic N) is 3. The molecule has 0 amide bonds. The highest BCUT2D eigenvalue weighted by atomic mass is 16.4. The van der Waals surface area contributed by atoms with E-state index >= 15 is 0 Å². The maximum absolute atomic E-state index is 12.3. The molecule has 1 unspecified atom stereocenters. The standard InChI is InChI=1S/C40H54N4O.2C3H6O2/c1-8-9-10-11-12-13-14-15-16-17-24-40(6,45)39(4,5)37-35-23-22-33(43-35)26-32-19-18-30(41-32)25-31-20-21-34(42-31)27-36-28(2)29(3)38(37)44(36)7;2*1-2-3(4)5/h18-23,25-27,41,45H,8-17,24H2,1-7H3;2*2H2,1H3,(H,4,5). The number of carbonyl (C=O) groups is 2. The monoisotopic (exact) mass is 755 g/mol. The van der Waals surface area contributed by atoms with Gasteiger partial charge in [-0.1, -0.05) is 98.8 Å². The molecular formula is C46H66N4O5. The highest BCUT2D eigenvalue weighted by molar-refractivity contribution is 5.84. The molecular weight excluding hydrogens is 689 g/mol. The van der Waals surface area contributed by atoms with Gasteiger partial charge in [0.25, 0.3) is 0 Å². The number of rotatable bonds is 15. The number of unbranched alkanes of at least 4 members (excludes halogenated alkanes) is 9. The summed E-state index contributed by atoms with van der Waals surface area (Å²) in [6.07, 6.45) is 22.4. The molecule has 0 radical (unpaired) electrons. The summed E-state index contributed by atoms with van der Waals surface area (Å²) < 4.78 is 2.29. The van der Waals surface area contributed by atoms with Crippen molar-refractivity contribution < 1.29 is 24.9 Å². The van der Waals surface area contributed by atoms with E-state index in [1.165, 1.54) is 62.5 Å². The van der Waals surface area contributed by atoms with Gasteiger partial charge in [-0.15, -0.1) is 0 Å². The fourth-order valence-corrected chi connectivity index (χ4v) is 7.04. The number of aromatic amines is 1. The lowest BCUT2D eigenvalue weighted by molar-refractivity contribution is -0.137. The van der Waals surface area contributed by atoms with Crippen molar-refractivity contribution in [3.8, 4) is 0 Å². The van der Waals surface area contributed by atoms with E-state index in [1.807, 2.05) is 6.92 Å². The minimum atomic E-state index is -0.924. The van der Waals surface area contributed by atoms with Crippen LogP contribution in [-0.4, -0.2) is 52.4 Å². The molecule has 2 aliphatic heterocycles. The van der Waals surface area contributed by atoms with Crippen LogP contribution in [0.4, 0.5) is 0 Å². The van der Waals surface area contributed by atoms with Gasteiger partial charge in [0.05, 0.1) is 33.9 Å². The van der Waals surface area contributed by atoms with Crippen molar-refractivity contribution in [2.45, 2.75) is 150 Å². The summed E-state index contributed by atoms with van der Waals surface area (Å²) in [6, 6.07) is 10.5. The molecule has 55 heavy (non-hydrogen) atoms. The van der Waals surface area contributed by atoms with Crippen LogP contribution in [0.25, 0.3) is 46.4 Å². The first-order valence-electron chi connectivity index (χ1n) is 20.3. The summed E-state index contributed by atoms with van der Waals surface area (Å²) >= 11 is 0. The number of hydrogen-bond donors (Lipinski definition) is 4. The zero-order valence-electron chi connectivity index (χ0n) is 34.9. The predicted molar refractivity (Wildman–Crippen MR) is 229 cm³/mol. The first kappa shape index (κ1) is 44.9. The Morgan fingerprint density at radius 1 is 0.691 bits per heavy atom. The molecule has 8 bridgehead atoms. The van der Waals surface area contributed by atoms with E-state index in [4.69, 9.17) is 20.2 Å². The Bertz CT molecular complexity index is 1970. The van der Waals surface area contributed by atoms with Crippen LogP contribution >= 0.6 is 0 Å². The third-order valence-electron chi connectivity index (χ3n) is 11.1. The van der Waals surface area contributed by atoms with Crippen molar-refractivity contribution in [2.24, 2.45) is 7.05 Å². The summed E-state index contributed by atoms with van der Waals surface area (Å²) in [5.74, 6) is -1.49. The van der Waals surface area contributed by atoms with Gasteiger partial charge in [0.15, 0.2) is 0 Å². The highest BCUT2D eigenvalue weighted by Gasteiger charge is 2.43. The van der Waals surface area contributed by atoms with Crippen molar-refractivity contribution in [3.05, 3.63) is 69.8 Å². The maximum atomic E-state index is 12.3. The SMILES string of the molecule is CCC(=O)O.CCC(=O)O.CCCCCCCCCCCCC(C)(O)C(C)(C)c1c2nc(cc3ccc(cc4nc(cc5c(C)c(C)c1n5C)C=C4)[nH]3)C=C2. The number of fused-ring (bicyclic) bond motifs is 8. The molecule has 0 aromatic carbocycles. The van der Waals surface area contributed by atoms with E-state index in [-0.39, 0.29) is 12.8 Å². The normalized spacial score (nSPS) is 13.1. The summed E-state index contributed by atoms with van der Waals surface area (Å²) in [6.45, 7) is 16.3. The quantitative estimate of drug-likeness (QED) is 0.0779. The lowest BCUT2D eigenvalue weighted by Crippen LogP contribution is -2.46. The van der Waals surface area contributed by atoms with Gasteiger partial charge in [0, 0.05) is 47.4 Å². The van der Waals surface area contributed by atoms with E-state index in [0.29, 0.717) is 0 Å². The molecule has 1 atom stereocenters. The number of aromatic nitrogens is 4. The number of carboxylic acids is 2. The average molecular weight is 755 g/mol. The summed E-state index contributed by atoms with van der Waals surface area (Å²) in [5, 5.41) is 27.7. The smallest absolute Gasteiger partial charge is 0.303 e. The second-order valence-corrected chi connectivity index (χ2v) is 15.6. The van der Waals surface area contributed by atoms with Crippen molar-refractivity contribution >= 4 is 58.3 Å². The topological polar surface area (TPSA) is 141 Å². The molecule has 0 saturated heterocycles. The molecule has 5 rings (SSSR count). The zero-order valence-corrected chi connectivity index (χ0v) is 34.9. The number of aliphatic hydroxyl groups is 1. The molecule has 0 spiro atoms. The van der Waals surface area contributed by atoms with Gasteiger partial charge >= 0.3 is 11.9 Å². The Balaban J connectivity index is 0.000000721. The van der Waals surface area contributed by atoms with Crippen LogP contribution in [0.15, 0.2) is 30.3 Å². The van der Waals surface area contributed by atoms with Crippen LogP contribution in [0.5, 0.6) is 0 Å². The largest absolute Gasteiger partial charge is 0.481 e. The molecule has 5 heterocycles. The molecule has 0 fully saturated rings. The summed E-state index contributed by atoms with van der Waals surface area (Å²) in [7, 11) is 2.14. The highest BCUT2D eigenvalue weighted by Crippen LogP contribution is 2.44.